The third-order valence-electron chi connectivity index (χ3n) is 3.07. The minimum absolute atomic E-state index is 0.0346. The standard InChI is InChI=1S/C11H18N2O4/c1-7(11(16)17)9-5-13(6-9)10(15)3-4-12-8(2)14/h7,9H,3-6H2,1-2H3,(H,12,14)(H,16,17). The van der Waals surface area contributed by atoms with Crippen LogP contribution in [0.2, 0.25) is 0 Å². The van der Waals surface area contributed by atoms with Gasteiger partial charge in [0.1, 0.15) is 0 Å². The van der Waals surface area contributed by atoms with Crippen molar-refractivity contribution in [2.45, 2.75) is 20.3 Å². The molecule has 2 N–H and O–H groups in total. The largest absolute Gasteiger partial charge is 0.481 e. The second kappa shape index (κ2) is 5.65. The Balaban J connectivity index is 2.21. The lowest BCUT2D eigenvalue weighted by atomic mass is 9.87. The number of hydrogen-bond acceptors (Lipinski definition) is 3. The fourth-order valence-corrected chi connectivity index (χ4v) is 1.74. The fourth-order valence-electron chi connectivity index (χ4n) is 1.74. The molecular weight excluding hydrogens is 224 g/mol. The first-order valence-corrected chi connectivity index (χ1v) is 5.67. The van der Waals surface area contributed by atoms with E-state index in [1.807, 2.05) is 0 Å². The Morgan fingerprint density at radius 3 is 2.47 bits per heavy atom. The Morgan fingerprint density at radius 2 is 2.00 bits per heavy atom. The molecule has 6 heteroatoms. The van der Waals surface area contributed by atoms with E-state index in [1.165, 1.54) is 6.92 Å². The molecule has 0 saturated carbocycles. The molecule has 0 bridgehead atoms. The van der Waals surface area contributed by atoms with Crippen molar-refractivity contribution in [3.63, 3.8) is 0 Å². The normalized spacial score (nSPS) is 17.2. The first-order valence-electron chi connectivity index (χ1n) is 5.67. The molecule has 1 aliphatic heterocycles. The van der Waals surface area contributed by atoms with Gasteiger partial charge < -0.3 is 15.3 Å². The second-order valence-corrected chi connectivity index (χ2v) is 4.42. The van der Waals surface area contributed by atoms with E-state index in [4.69, 9.17) is 5.11 Å². The zero-order chi connectivity index (χ0) is 13.0. The summed E-state index contributed by atoms with van der Waals surface area (Å²) in [7, 11) is 0. The maximum absolute atomic E-state index is 11.6. The maximum Gasteiger partial charge on any atom is 0.306 e. The molecule has 0 aliphatic carbocycles. The molecule has 1 saturated heterocycles. The summed E-state index contributed by atoms with van der Waals surface area (Å²) in [5, 5.41) is 11.3. The Kier molecular flexibility index (Phi) is 4.48. The molecule has 2 amide bonds. The van der Waals surface area contributed by atoms with Gasteiger partial charge in [-0.3, -0.25) is 14.4 Å². The highest BCUT2D eigenvalue weighted by molar-refractivity contribution is 5.79. The molecule has 6 nitrogen and oxygen atoms in total. The highest BCUT2D eigenvalue weighted by Gasteiger charge is 2.36. The maximum atomic E-state index is 11.6. The summed E-state index contributed by atoms with van der Waals surface area (Å²) in [4.78, 5) is 34.5. The first-order chi connectivity index (χ1) is 7.91. The van der Waals surface area contributed by atoms with Crippen LogP contribution in [0.1, 0.15) is 20.3 Å². The SMILES string of the molecule is CC(=O)NCCC(=O)N1CC(C(C)C(=O)O)C1. The number of hydrogen-bond donors (Lipinski definition) is 2. The van der Waals surface area contributed by atoms with Gasteiger partial charge in [0.2, 0.25) is 11.8 Å². The van der Waals surface area contributed by atoms with Crippen molar-refractivity contribution in [2.75, 3.05) is 19.6 Å². The molecule has 1 unspecified atom stereocenters. The third-order valence-corrected chi connectivity index (χ3v) is 3.07. The van der Waals surface area contributed by atoms with E-state index < -0.39 is 11.9 Å². The highest BCUT2D eigenvalue weighted by atomic mass is 16.4. The molecule has 1 aliphatic rings. The Labute approximate surface area is 100.0 Å². The predicted octanol–water partition coefficient (Wildman–Crippen LogP) is -0.308. The summed E-state index contributed by atoms with van der Waals surface area (Å²) in [6.07, 6.45) is 0.272. The molecule has 0 aromatic rings. The van der Waals surface area contributed by atoms with Crippen molar-refractivity contribution in [2.24, 2.45) is 11.8 Å². The van der Waals surface area contributed by atoms with E-state index in [0.717, 1.165) is 0 Å². The summed E-state index contributed by atoms with van der Waals surface area (Å²) < 4.78 is 0. The third kappa shape index (κ3) is 3.72. The van der Waals surface area contributed by atoms with E-state index in [0.29, 0.717) is 19.6 Å². The minimum Gasteiger partial charge on any atom is -0.481 e. The van der Waals surface area contributed by atoms with E-state index in [1.54, 1.807) is 11.8 Å². The number of aliphatic carboxylic acids is 1. The van der Waals surface area contributed by atoms with Crippen molar-refractivity contribution in [1.29, 1.82) is 0 Å². The van der Waals surface area contributed by atoms with Gasteiger partial charge >= 0.3 is 5.97 Å². The predicted molar refractivity (Wildman–Crippen MR) is 60.2 cm³/mol. The molecule has 1 fully saturated rings. The number of nitrogens with zero attached hydrogens (tertiary/aromatic N) is 1. The first kappa shape index (κ1) is 13.5. The van der Waals surface area contributed by atoms with E-state index >= 15 is 0 Å². The van der Waals surface area contributed by atoms with Crippen LogP contribution in [-0.2, 0) is 14.4 Å². The lowest BCUT2D eigenvalue weighted by molar-refractivity contribution is -0.150. The molecule has 0 aromatic heterocycles. The summed E-state index contributed by atoms with van der Waals surface area (Å²) in [5.74, 6) is -1.36. The van der Waals surface area contributed by atoms with E-state index in [9.17, 15) is 14.4 Å². The number of carboxylic acids is 1. The minimum atomic E-state index is -0.819. The van der Waals surface area contributed by atoms with Gasteiger partial charge in [0.15, 0.2) is 0 Å². The topological polar surface area (TPSA) is 86.7 Å². The summed E-state index contributed by atoms with van der Waals surface area (Å²) in [6.45, 7) is 4.41. The number of amides is 2. The second-order valence-electron chi connectivity index (χ2n) is 4.42. The van der Waals surface area contributed by atoms with Crippen LogP contribution in [0.25, 0.3) is 0 Å². The van der Waals surface area contributed by atoms with Gasteiger partial charge in [0.05, 0.1) is 5.92 Å². The van der Waals surface area contributed by atoms with Crippen molar-refractivity contribution >= 4 is 17.8 Å². The number of carboxylic acid groups (broad SMARTS) is 1. The van der Waals surface area contributed by atoms with Crippen LogP contribution in [0.3, 0.4) is 0 Å². The van der Waals surface area contributed by atoms with Crippen molar-refractivity contribution in [3.8, 4) is 0 Å². The molecular formula is C11H18N2O4. The van der Waals surface area contributed by atoms with Gasteiger partial charge in [-0.25, -0.2) is 0 Å². The quantitative estimate of drug-likeness (QED) is 0.692. The van der Waals surface area contributed by atoms with Crippen LogP contribution in [0.4, 0.5) is 0 Å². The Hall–Kier alpha value is -1.59. The van der Waals surface area contributed by atoms with Crippen molar-refractivity contribution < 1.29 is 19.5 Å². The van der Waals surface area contributed by atoms with E-state index in [-0.39, 0.29) is 24.2 Å². The van der Waals surface area contributed by atoms with E-state index in [2.05, 4.69) is 5.32 Å². The average Bonchev–Trinajstić information content (AvgIpc) is 2.14. The van der Waals surface area contributed by atoms with Crippen LogP contribution in [0.5, 0.6) is 0 Å². The Bertz CT molecular complexity index is 323. The monoisotopic (exact) mass is 242 g/mol. The van der Waals surface area contributed by atoms with Gasteiger partial charge in [-0.15, -0.1) is 0 Å². The molecule has 1 atom stereocenters. The van der Waals surface area contributed by atoms with Crippen LogP contribution in [0.15, 0.2) is 0 Å². The number of nitrogens with one attached hydrogen (secondary N) is 1. The van der Waals surface area contributed by atoms with Crippen molar-refractivity contribution in [1.82, 2.24) is 10.2 Å². The lowest BCUT2D eigenvalue weighted by Gasteiger charge is -2.41. The lowest BCUT2D eigenvalue weighted by Crippen LogP contribution is -2.53. The van der Waals surface area contributed by atoms with Gasteiger partial charge in [-0.2, -0.15) is 0 Å². The number of carbonyl (C=O) groups excluding carboxylic acids is 2. The smallest absolute Gasteiger partial charge is 0.306 e. The fraction of sp³-hybridized carbons (Fsp3) is 0.727. The Morgan fingerprint density at radius 1 is 1.41 bits per heavy atom. The number of rotatable bonds is 5. The number of likely N-dealkylation sites (tertiary alicyclic amines) is 1. The number of carbonyl (C=O) groups is 3. The van der Waals surface area contributed by atoms with Gasteiger partial charge in [-0.05, 0) is 0 Å². The summed E-state index contributed by atoms with van der Waals surface area (Å²) in [6, 6.07) is 0. The van der Waals surface area contributed by atoms with Crippen LogP contribution in [0, 0.1) is 11.8 Å². The molecule has 1 heterocycles. The van der Waals surface area contributed by atoms with Crippen LogP contribution >= 0.6 is 0 Å². The summed E-state index contributed by atoms with van der Waals surface area (Å²) >= 11 is 0. The molecule has 96 valence electrons. The molecule has 0 aromatic carbocycles. The van der Waals surface area contributed by atoms with Crippen LogP contribution < -0.4 is 5.32 Å². The van der Waals surface area contributed by atoms with Gasteiger partial charge in [0, 0.05) is 38.9 Å². The highest BCUT2D eigenvalue weighted by Crippen LogP contribution is 2.24. The zero-order valence-electron chi connectivity index (χ0n) is 10.1. The molecule has 1 rings (SSSR count). The van der Waals surface area contributed by atoms with Gasteiger partial charge in [-0.1, -0.05) is 6.92 Å². The van der Waals surface area contributed by atoms with Gasteiger partial charge in [0.25, 0.3) is 0 Å². The van der Waals surface area contributed by atoms with Crippen LogP contribution in [-0.4, -0.2) is 47.4 Å². The molecule has 0 spiro atoms. The van der Waals surface area contributed by atoms with Crippen molar-refractivity contribution in [3.05, 3.63) is 0 Å². The zero-order valence-corrected chi connectivity index (χ0v) is 10.1. The molecule has 17 heavy (non-hydrogen) atoms. The summed E-state index contributed by atoms with van der Waals surface area (Å²) in [5.41, 5.74) is 0. The average molecular weight is 242 g/mol. The molecule has 0 radical (unpaired) electrons.